The molecule has 2 rings (SSSR count). The lowest BCUT2D eigenvalue weighted by molar-refractivity contribution is -0.121. The number of hydrogen-bond acceptors (Lipinski definition) is 2. The molecule has 1 unspecified atom stereocenters. The minimum absolute atomic E-state index is 0.261. The molecule has 0 spiro atoms. The largest absolute Gasteiger partial charge is 0.368 e. The third kappa shape index (κ3) is 3.10. The van der Waals surface area contributed by atoms with Crippen molar-refractivity contribution >= 4 is 17.6 Å². The van der Waals surface area contributed by atoms with Crippen LogP contribution in [-0.4, -0.2) is 29.4 Å². The monoisotopic (exact) mass is 275 g/mol. The Morgan fingerprint density at radius 2 is 1.95 bits per heavy atom. The third-order valence-corrected chi connectivity index (χ3v) is 3.67. The Bertz CT molecular complexity index is 496. The third-order valence-electron chi connectivity index (χ3n) is 3.67. The van der Waals surface area contributed by atoms with Crippen molar-refractivity contribution in [1.82, 2.24) is 4.90 Å². The van der Waals surface area contributed by atoms with Crippen molar-refractivity contribution < 1.29 is 9.59 Å². The van der Waals surface area contributed by atoms with Gasteiger partial charge in [0.15, 0.2) is 0 Å². The van der Waals surface area contributed by atoms with E-state index in [1.165, 1.54) is 10.5 Å². The van der Waals surface area contributed by atoms with Crippen LogP contribution < -0.4 is 11.1 Å². The average Bonchev–Trinajstić information content (AvgIpc) is 2.88. The van der Waals surface area contributed by atoms with Crippen molar-refractivity contribution in [1.29, 1.82) is 0 Å². The average molecular weight is 275 g/mol. The molecule has 0 saturated carbocycles. The summed E-state index contributed by atoms with van der Waals surface area (Å²) < 4.78 is 0. The van der Waals surface area contributed by atoms with E-state index in [9.17, 15) is 9.59 Å². The second-order valence-electron chi connectivity index (χ2n) is 5.46. The molecule has 20 heavy (non-hydrogen) atoms. The van der Waals surface area contributed by atoms with E-state index in [2.05, 4.69) is 19.2 Å². The molecular formula is C15H21N3O2. The van der Waals surface area contributed by atoms with Gasteiger partial charge in [-0.05, 0) is 36.5 Å². The van der Waals surface area contributed by atoms with Gasteiger partial charge in [-0.15, -0.1) is 0 Å². The molecule has 1 fully saturated rings. The number of urea groups is 1. The molecule has 108 valence electrons. The van der Waals surface area contributed by atoms with Crippen molar-refractivity contribution in [2.45, 2.75) is 38.6 Å². The number of anilines is 1. The van der Waals surface area contributed by atoms with E-state index in [0.29, 0.717) is 18.9 Å². The van der Waals surface area contributed by atoms with E-state index in [0.717, 1.165) is 12.1 Å². The van der Waals surface area contributed by atoms with Crippen molar-refractivity contribution in [3.8, 4) is 0 Å². The fourth-order valence-electron chi connectivity index (χ4n) is 2.45. The van der Waals surface area contributed by atoms with Crippen LogP contribution in [0.3, 0.4) is 0 Å². The Kier molecular flexibility index (Phi) is 4.27. The molecule has 5 nitrogen and oxygen atoms in total. The fourth-order valence-corrected chi connectivity index (χ4v) is 2.45. The number of nitrogens with two attached hydrogens (primary N) is 1. The SMILES string of the molecule is CC(C)c1ccc(NC(=O)N2CCCC2C(N)=O)cc1. The molecule has 3 N–H and O–H groups in total. The molecule has 1 aliphatic rings. The first-order chi connectivity index (χ1) is 9.49. The molecule has 1 aromatic rings. The number of carbonyl (C=O) groups excluding carboxylic acids is 2. The number of primary amides is 1. The van der Waals surface area contributed by atoms with E-state index in [-0.39, 0.29) is 6.03 Å². The number of benzene rings is 1. The van der Waals surface area contributed by atoms with Crippen molar-refractivity contribution in [2.75, 3.05) is 11.9 Å². The number of likely N-dealkylation sites (tertiary alicyclic amines) is 1. The Hall–Kier alpha value is -2.04. The van der Waals surface area contributed by atoms with Crippen molar-refractivity contribution in [3.05, 3.63) is 29.8 Å². The molecule has 1 aromatic carbocycles. The lowest BCUT2D eigenvalue weighted by Gasteiger charge is -2.22. The number of carbonyl (C=O) groups is 2. The second-order valence-corrected chi connectivity index (χ2v) is 5.46. The maximum Gasteiger partial charge on any atom is 0.322 e. The van der Waals surface area contributed by atoms with Gasteiger partial charge >= 0.3 is 6.03 Å². The summed E-state index contributed by atoms with van der Waals surface area (Å²) in [7, 11) is 0. The van der Waals surface area contributed by atoms with Crippen LogP contribution in [0.1, 0.15) is 38.2 Å². The zero-order chi connectivity index (χ0) is 14.7. The summed E-state index contributed by atoms with van der Waals surface area (Å²) in [6.07, 6.45) is 1.46. The van der Waals surface area contributed by atoms with Gasteiger partial charge in [-0.25, -0.2) is 4.79 Å². The Labute approximate surface area is 119 Å². The highest BCUT2D eigenvalue weighted by atomic mass is 16.2. The van der Waals surface area contributed by atoms with Gasteiger partial charge in [-0.1, -0.05) is 26.0 Å². The molecule has 5 heteroatoms. The van der Waals surface area contributed by atoms with Gasteiger partial charge in [-0.3, -0.25) is 4.79 Å². The predicted octanol–water partition coefficient (Wildman–Crippen LogP) is 2.29. The van der Waals surface area contributed by atoms with Crippen LogP contribution in [0.5, 0.6) is 0 Å². The van der Waals surface area contributed by atoms with Gasteiger partial charge in [0.05, 0.1) is 0 Å². The highest BCUT2D eigenvalue weighted by molar-refractivity contribution is 5.93. The first-order valence-corrected chi connectivity index (χ1v) is 6.96. The number of amides is 3. The van der Waals surface area contributed by atoms with Crippen molar-refractivity contribution in [3.63, 3.8) is 0 Å². The molecule has 0 aliphatic carbocycles. The normalized spacial score (nSPS) is 18.4. The predicted molar refractivity (Wildman–Crippen MR) is 78.5 cm³/mol. The van der Waals surface area contributed by atoms with Crippen LogP contribution in [0.2, 0.25) is 0 Å². The summed E-state index contributed by atoms with van der Waals surface area (Å²) in [5.41, 5.74) is 7.26. The minimum Gasteiger partial charge on any atom is -0.368 e. The maximum absolute atomic E-state index is 12.2. The van der Waals surface area contributed by atoms with Gasteiger partial charge in [0.25, 0.3) is 0 Å². The summed E-state index contributed by atoms with van der Waals surface area (Å²) in [6, 6.07) is 7.00. The van der Waals surface area contributed by atoms with Gasteiger partial charge in [0.2, 0.25) is 5.91 Å². The number of rotatable bonds is 3. The van der Waals surface area contributed by atoms with Crippen LogP contribution in [0.4, 0.5) is 10.5 Å². The number of nitrogens with zero attached hydrogens (tertiary/aromatic N) is 1. The summed E-state index contributed by atoms with van der Waals surface area (Å²) in [6.45, 7) is 4.81. The Morgan fingerprint density at radius 1 is 1.30 bits per heavy atom. The van der Waals surface area contributed by atoms with Crippen LogP contribution in [0.25, 0.3) is 0 Å². The van der Waals surface area contributed by atoms with E-state index in [1.54, 1.807) is 0 Å². The summed E-state index contributed by atoms with van der Waals surface area (Å²) in [5, 5.41) is 2.81. The number of nitrogens with one attached hydrogen (secondary N) is 1. The van der Waals surface area contributed by atoms with Crippen LogP contribution in [-0.2, 0) is 4.79 Å². The van der Waals surface area contributed by atoms with E-state index >= 15 is 0 Å². The minimum atomic E-state index is -0.482. The lowest BCUT2D eigenvalue weighted by atomic mass is 10.0. The first kappa shape index (κ1) is 14.4. The van der Waals surface area contributed by atoms with Gasteiger partial charge in [0.1, 0.15) is 6.04 Å². The topological polar surface area (TPSA) is 75.4 Å². The van der Waals surface area contributed by atoms with E-state index in [4.69, 9.17) is 5.73 Å². The fraction of sp³-hybridized carbons (Fsp3) is 0.467. The molecule has 0 bridgehead atoms. The molecule has 3 amide bonds. The maximum atomic E-state index is 12.2. The van der Waals surface area contributed by atoms with Gasteiger partial charge in [-0.2, -0.15) is 0 Å². The summed E-state index contributed by atoms with van der Waals surface area (Å²) in [5.74, 6) is 0.0189. The molecule has 1 heterocycles. The standard InChI is InChI=1S/C15H21N3O2/c1-10(2)11-5-7-12(8-6-11)17-15(20)18-9-3-4-13(18)14(16)19/h5-8,10,13H,3-4,9H2,1-2H3,(H2,16,19)(H,17,20). The molecular weight excluding hydrogens is 254 g/mol. The van der Waals surface area contributed by atoms with Gasteiger partial charge in [0, 0.05) is 12.2 Å². The van der Waals surface area contributed by atoms with E-state index in [1.807, 2.05) is 24.3 Å². The summed E-state index contributed by atoms with van der Waals surface area (Å²) in [4.78, 5) is 25.0. The molecule has 1 saturated heterocycles. The zero-order valence-corrected chi connectivity index (χ0v) is 11.9. The molecule has 1 atom stereocenters. The second kappa shape index (κ2) is 5.94. The van der Waals surface area contributed by atoms with Crippen LogP contribution in [0.15, 0.2) is 24.3 Å². The smallest absolute Gasteiger partial charge is 0.322 e. The highest BCUT2D eigenvalue weighted by Gasteiger charge is 2.32. The van der Waals surface area contributed by atoms with Crippen molar-refractivity contribution in [2.24, 2.45) is 5.73 Å². The molecule has 0 aromatic heterocycles. The number of hydrogen-bond donors (Lipinski definition) is 2. The zero-order valence-electron chi connectivity index (χ0n) is 11.9. The molecule has 0 radical (unpaired) electrons. The quantitative estimate of drug-likeness (QED) is 0.888. The first-order valence-electron chi connectivity index (χ1n) is 6.96. The molecule has 1 aliphatic heterocycles. The lowest BCUT2D eigenvalue weighted by Crippen LogP contribution is -2.45. The van der Waals surface area contributed by atoms with E-state index < -0.39 is 11.9 Å². The Morgan fingerprint density at radius 3 is 2.50 bits per heavy atom. The van der Waals surface area contributed by atoms with Gasteiger partial charge < -0.3 is 16.0 Å². The summed E-state index contributed by atoms with van der Waals surface area (Å²) >= 11 is 0. The highest BCUT2D eigenvalue weighted by Crippen LogP contribution is 2.20. The Balaban J connectivity index is 2.02. The van der Waals surface area contributed by atoms with Crippen LogP contribution >= 0.6 is 0 Å². The van der Waals surface area contributed by atoms with Crippen LogP contribution in [0, 0.1) is 0 Å².